The van der Waals surface area contributed by atoms with Crippen molar-refractivity contribution in [3.63, 3.8) is 0 Å². The molecule has 1 amide bonds. The van der Waals surface area contributed by atoms with Crippen molar-refractivity contribution in [2.75, 3.05) is 18.8 Å². The third-order valence-corrected chi connectivity index (χ3v) is 5.06. The summed E-state index contributed by atoms with van der Waals surface area (Å²) in [7, 11) is 0. The highest BCUT2D eigenvalue weighted by Crippen LogP contribution is 2.24. The maximum absolute atomic E-state index is 12.4. The Morgan fingerprint density at radius 1 is 1.24 bits per heavy atom. The van der Waals surface area contributed by atoms with Gasteiger partial charge in [-0.05, 0) is 31.0 Å². The fourth-order valence-electron chi connectivity index (χ4n) is 2.89. The SMILES string of the molecule is O=C(CSc1nc2ccccc2o1)c1c[nH]c(C(=O)N2CCCC2)c1. The number of carbonyl (C=O) groups excluding carboxylic acids is 2. The number of nitrogens with one attached hydrogen (secondary N) is 1. The summed E-state index contributed by atoms with van der Waals surface area (Å²) in [6, 6.07) is 9.12. The summed E-state index contributed by atoms with van der Waals surface area (Å²) in [5, 5.41) is 0.471. The van der Waals surface area contributed by atoms with Crippen LogP contribution in [0.5, 0.6) is 0 Å². The molecule has 6 nitrogen and oxygen atoms in total. The number of fused-ring (bicyclic) bond motifs is 1. The number of oxazole rings is 1. The second-order valence-electron chi connectivity index (χ2n) is 5.96. The summed E-state index contributed by atoms with van der Waals surface area (Å²) in [5.41, 5.74) is 2.46. The molecule has 0 spiro atoms. The van der Waals surface area contributed by atoms with Gasteiger partial charge in [-0.3, -0.25) is 9.59 Å². The van der Waals surface area contributed by atoms with Crippen LogP contribution in [0.25, 0.3) is 11.1 Å². The third kappa shape index (κ3) is 3.32. The lowest BCUT2D eigenvalue weighted by atomic mass is 10.2. The molecular formula is C18H17N3O3S. The molecule has 2 aromatic heterocycles. The molecule has 3 heterocycles. The van der Waals surface area contributed by atoms with Gasteiger partial charge in [0.25, 0.3) is 11.1 Å². The molecule has 0 atom stereocenters. The van der Waals surface area contributed by atoms with Crippen LogP contribution in [0.2, 0.25) is 0 Å². The van der Waals surface area contributed by atoms with Gasteiger partial charge in [-0.1, -0.05) is 23.9 Å². The van der Waals surface area contributed by atoms with Gasteiger partial charge in [-0.2, -0.15) is 0 Å². The van der Waals surface area contributed by atoms with Gasteiger partial charge in [-0.25, -0.2) is 4.98 Å². The summed E-state index contributed by atoms with van der Waals surface area (Å²) in [6.45, 7) is 1.57. The van der Waals surface area contributed by atoms with E-state index in [1.54, 1.807) is 12.3 Å². The first-order chi connectivity index (χ1) is 12.2. The number of Topliss-reactive ketones (excluding diaryl/α,β-unsaturated/α-hetero) is 1. The van der Waals surface area contributed by atoms with Crippen molar-refractivity contribution in [1.29, 1.82) is 0 Å². The Morgan fingerprint density at radius 2 is 2.04 bits per heavy atom. The fraction of sp³-hybridized carbons (Fsp3) is 0.278. The van der Waals surface area contributed by atoms with Crippen LogP contribution in [0, 0.1) is 0 Å². The highest BCUT2D eigenvalue weighted by atomic mass is 32.2. The Labute approximate surface area is 148 Å². The van der Waals surface area contributed by atoms with E-state index >= 15 is 0 Å². The highest BCUT2D eigenvalue weighted by molar-refractivity contribution is 7.99. The van der Waals surface area contributed by atoms with E-state index < -0.39 is 0 Å². The van der Waals surface area contributed by atoms with Gasteiger partial charge in [0.15, 0.2) is 11.4 Å². The molecule has 128 valence electrons. The lowest BCUT2D eigenvalue weighted by molar-refractivity contribution is 0.0787. The van der Waals surface area contributed by atoms with Crippen molar-refractivity contribution in [1.82, 2.24) is 14.9 Å². The Bertz CT molecular complexity index is 891. The number of hydrogen-bond donors (Lipinski definition) is 1. The molecular weight excluding hydrogens is 338 g/mol. The van der Waals surface area contributed by atoms with Crippen molar-refractivity contribution in [2.45, 2.75) is 18.1 Å². The number of likely N-dealkylation sites (tertiary alicyclic amines) is 1. The van der Waals surface area contributed by atoms with Gasteiger partial charge in [-0.15, -0.1) is 0 Å². The fourth-order valence-corrected chi connectivity index (χ4v) is 3.63. The summed E-state index contributed by atoms with van der Waals surface area (Å²) >= 11 is 1.26. The van der Waals surface area contributed by atoms with E-state index in [2.05, 4.69) is 9.97 Å². The molecule has 1 aromatic carbocycles. The lowest BCUT2D eigenvalue weighted by Gasteiger charge is -2.13. The van der Waals surface area contributed by atoms with E-state index in [4.69, 9.17) is 4.42 Å². The molecule has 0 radical (unpaired) electrons. The number of aromatic nitrogens is 2. The van der Waals surface area contributed by atoms with Crippen LogP contribution < -0.4 is 0 Å². The number of carbonyl (C=O) groups is 2. The summed E-state index contributed by atoms with van der Waals surface area (Å²) < 4.78 is 5.60. The number of para-hydroxylation sites is 2. The standard InChI is InChI=1S/C18H17N3O3S/c22-15(11-25-18-20-13-5-1-2-6-16(13)24-18)12-9-14(19-10-12)17(23)21-7-3-4-8-21/h1-2,5-6,9-10,19H,3-4,7-8,11H2. The Hall–Kier alpha value is -2.54. The predicted octanol–water partition coefficient (Wildman–Crippen LogP) is 3.37. The maximum Gasteiger partial charge on any atom is 0.270 e. The number of thioether (sulfide) groups is 1. The molecule has 25 heavy (non-hydrogen) atoms. The van der Waals surface area contributed by atoms with Crippen LogP contribution in [0.1, 0.15) is 33.7 Å². The number of benzene rings is 1. The number of nitrogens with zero attached hydrogens (tertiary/aromatic N) is 2. The van der Waals surface area contributed by atoms with Crippen LogP contribution >= 0.6 is 11.8 Å². The van der Waals surface area contributed by atoms with E-state index in [1.807, 2.05) is 29.2 Å². The van der Waals surface area contributed by atoms with Crippen LogP contribution in [0.4, 0.5) is 0 Å². The first kappa shape index (κ1) is 16.0. The number of aromatic amines is 1. The molecule has 4 rings (SSSR count). The Morgan fingerprint density at radius 3 is 2.84 bits per heavy atom. The Balaban J connectivity index is 1.40. The molecule has 1 saturated heterocycles. The molecule has 1 N–H and O–H groups in total. The van der Waals surface area contributed by atoms with E-state index in [0.29, 0.717) is 22.1 Å². The van der Waals surface area contributed by atoms with Crippen LogP contribution in [0.3, 0.4) is 0 Å². The third-order valence-electron chi connectivity index (χ3n) is 4.23. The molecule has 0 aliphatic carbocycles. The molecule has 1 aliphatic heterocycles. The number of amides is 1. The molecule has 3 aromatic rings. The van der Waals surface area contributed by atoms with Crippen molar-refractivity contribution in [3.8, 4) is 0 Å². The van der Waals surface area contributed by atoms with Gasteiger partial charge in [0.2, 0.25) is 0 Å². The second-order valence-corrected chi connectivity index (χ2v) is 6.89. The number of H-pyrrole nitrogens is 1. The normalized spacial score (nSPS) is 14.3. The number of rotatable bonds is 5. The lowest BCUT2D eigenvalue weighted by Crippen LogP contribution is -2.27. The monoisotopic (exact) mass is 355 g/mol. The molecule has 7 heteroatoms. The summed E-state index contributed by atoms with van der Waals surface area (Å²) in [6.07, 6.45) is 3.68. The number of ketones is 1. The first-order valence-corrected chi connectivity index (χ1v) is 9.18. The van der Waals surface area contributed by atoms with Gasteiger partial charge in [0, 0.05) is 24.8 Å². The van der Waals surface area contributed by atoms with Crippen LogP contribution in [-0.2, 0) is 0 Å². The molecule has 0 bridgehead atoms. The van der Waals surface area contributed by atoms with Gasteiger partial charge >= 0.3 is 0 Å². The minimum absolute atomic E-state index is 0.0387. The zero-order chi connectivity index (χ0) is 17.2. The largest absolute Gasteiger partial charge is 0.431 e. The second kappa shape index (κ2) is 6.76. The zero-order valence-corrected chi connectivity index (χ0v) is 14.3. The quantitative estimate of drug-likeness (QED) is 0.561. The predicted molar refractivity (Wildman–Crippen MR) is 95.0 cm³/mol. The first-order valence-electron chi connectivity index (χ1n) is 8.20. The topological polar surface area (TPSA) is 79.2 Å². The smallest absolute Gasteiger partial charge is 0.270 e. The van der Waals surface area contributed by atoms with E-state index in [9.17, 15) is 9.59 Å². The summed E-state index contributed by atoms with van der Waals surface area (Å²) in [4.78, 5) is 33.7. The maximum atomic E-state index is 12.4. The Kier molecular flexibility index (Phi) is 4.31. The molecule has 0 unspecified atom stereocenters. The van der Waals surface area contributed by atoms with Gasteiger partial charge in [0.1, 0.15) is 11.2 Å². The van der Waals surface area contributed by atoms with E-state index in [-0.39, 0.29) is 17.4 Å². The van der Waals surface area contributed by atoms with Crippen molar-refractivity contribution in [3.05, 3.63) is 47.8 Å². The molecule has 1 aliphatic rings. The van der Waals surface area contributed by atoms with Crippen LogP contribution in [0.15, 0.2) is 46.2 Å². The van der Waals surface area contributed by atoms with Crippen molar-refractivity contribution >= 4 is 34.6 Å². The highest BCUT2D eigenvalue weighted by Gasteiger charge is 2.22. The average molecular weight is 355 g/mol. The van der Waals surface area contributed by atoms with Crippen LogP contribution in [-0.4, -0.2) is 45.4 Å². The molecule has 0 saturated carbocycles. The average Bonchev–Trinajstić information content (AvgIpc) is 3.39. The van der Waals surface area contributed by atoms with Gasteiger partial charge < -0.3 is 14.3 Å². The minimum Gasteiger partial charge on any atom is -0.431 e. The zero-order valence-electron chi connectivity index (χ0n) is 13.5. The van der Waals surface area contributed by atoms with Gasteiger partial charge in [0.05, 0.1) is 5.75 Å². The number of hydrogen-bond acceptors (Lipinski definition) is 5. The van der Waals surface area contributed by atoms with E-state index in [1.165, 1.54) is 11.8 Å². The summed E-state index contributed by atoms with van der Waals surface area (Å²) in [5.74, 6) is 0.106. The van der Waals surface area contributed by atoms with Crippen molar-refractivity contribution < 1.29 is 14.0 Å². The van der Waals surface area contributed by atoms with E-state index in [0.717, 1.165) is 31.4 Å². The molecule has 1 fully saturated rings. The minimum atomic E-state index is -0.0658. The van der Waals surface area contributed by atoms with Crippen molar-refractivity contribution in [2.24, 2.45) is 0 Å².